The van der Waals surface area contributed by atoms with Gasteiger partial charge in [0, 0.05) is 55.9 Å². The van der Waals surface area contributed by atoms with Crippen LogP contribution in [0.4, 0.5) is 4.79 Å². The van der Waals surface area contributed by atoms with Crippen LogP contribution in [0.15, 0.2) is 12.3 Å². The van der Waals surface area contributed by atoms with Gasteiger partial charge >= 0.3 is 6.09 Å². The van der Waals surface area contributed by atoms with Crippen molar-refractivity contribution in [1.82, 2.24) is 19.6 Å². The maximum atomic E-state index is 12.5. The first-order valence-electron chi connectivity index (χ1n) is 12.6. The summed E-state index contributed by atoms with van der Waals surface area (Å²) in [6.45, 7) is 14.6. The van der Waals surface area contributed by atoms with Crippen LogP contribution in [-0.2, 0) is 20.8 Å². The summed E-state index contributed by atoms with van der Waals surface area (Å²) in [5.41, 5.74) is 1.86. The molecule has 0 unspecified atom stereocenters. The van der Waals surface area contributed by atoms with E-state index in [1.54, 1.807) is 11.3 Å². The summed E-state index contributed by atoms with van der Waals surface area (Å²) < 4.78 is 18.3. The molecule has 8 nitrogen and oxygen atoms in total. The van der Waals surface area contributed by atoms with E-state index < -0.39 is 5.60 Å². The predicted octanol–water partition coefficient (Wildman–Crippen LogP) is 3.91. The second-order valence-electron chi connectivity index (χ2n) is 10.9. The van der Waals surface area contributed by atoms with E-state index >= 15 is 0 Å². The molecule has 0 aromatic carbocycles. The van der Waals surface area contributed by atoms with Gasteiger partial charge in [0.05, 0.1) is 48.7 Å². The van der Waals surface area contributed by atoms with Crippen molar-refractivity contribution in [3.63, 3.8) is 0 Å². The van der Waals surface area contributed by atoms with E-state index in [1.165, 1.54) is 16.1 Å². The highest BCUT2D eigenvalue weighted by Crippen LogP contribution is 2.38. The van der Waals surface area contributed by atoms with E-state index in [-0.39, 0.29) is 11.7 Å². The molecule has 5 heterocycles. The summed E-state index contributed by atoms with van der Waals surface area (Å²) >= 11 is 8.11. The number of halogens is 1. The molecule has 35 heavy (non-hydrogen) atoms. The zero-order valence-electron chi connectivity index (χ0n) is 21.1. The van der Waals surface area contributed by atoms with Crippen molar-refractivity contribution in [3.8, 4) is 0 Å². The van der Waals surface area contributed by atoms with Gasteiger partial charge in [-0.2, -0.15) is 0 Å². The summed E-state index contributed by atoms with van der Waals surface area (Å²) in [5.74, 6) is 0. The van der Waals surface area contributed by atoms with Gasteiger partial charge in [-0.1, -0.05) is 11.6 Å². The lowest BCUT2D eigenvalue weighted by atomic mass is 9.89. The molecule has 4 aliphatic heterocycles. The van der Waals surface area contributed by atoms with Gasteiger partial charge in [-0.05, 0) is 39.7 Å². The number of carbonyl (C=O) groups excluding carboxylic acids is 1. The monoisotopic (exact) mass is 524 g/mol. The van der Waals surface area contributed by atoms with Crippen LogP contribution in [0, 0.1) is 0 Å². The first-order chi connectivity index (χ1) is 16.7. The molecular weight excluding hydrogens is 488 g/mol. The molecule has 3 saturated heterocycles. The number of likely N-dealkylation sites (tertiary alicyclic amines) is 1. The first kappa shape index (κ1) is 25.1. The minimum atomic E-state index is -0.473. The third-order valence-corrected chi connectivity index (χ3v) is 8.34. The van der Waals surface area contributed by atoms with Gasteiger partial charge in [0.2, 0.25) is 0 Å². The molecular formula is C25H37ClN4O4S. The van der Waals surface area contributed by atoms with Crippen molar-refractivity contribution in [2.45, 2.75) is 51.4 Å². The second-order valence-corrected chi connectivity index (χ2v) is 12.7. The lowest BCUT2D eigenvalue weighted by Crippen LogP contribution is -2.58. The maximum absolute atomic E-state index is 12.5. The zero-order valence-corrected chi connectivity index (χ0v) is 22.6. The Kier molecular flexibility index (Phi) is 7.25. The standard InChI is InChI=1S/C25H37ClN4O4S/c1-24(2,3)34-23(31)30-6-4-25(5-7-30)17-27(8-13-33-25)18-28-15-20(29-9-11-32-12-10-29)19-14-22(26)35-21(19)16-28/h14-15H,4-13,16-18H2,1-3H3. The molecule has 1 aromatic heterocycles. The van der Waals surface area contributed by atoms with Crippen molar-refractivity contribution >= 4 is 34.7 Å². The van der Waals surface area contributed by atoms with Crippen molar-refractivity contribution in [2.24, 2.45) is 0 Å². The number of nitrogens with zero attached hydrogens (tertiary/aromatic N) is 4. The average molecular weight is 525 g/mol. The van der Waals surface area contributed by atoms with Gasteiger partial charge < -0.3 is 28.9 Å². The van der Waals surface area contributed by atoms with Crippen LogP contribution < -0.4 is 0 Å². The van der Waals surface area contributed by atoms with Crippen molar-refractivity contribution < 1.29 is 19.0 Å². The quantitative estimate of drug-likeness (QED) is 0.594. The van der Waals surface area contributed by atoms with Gasteiger partial charge in [-0.25, -0.2) is 4.79 Å². The highest BCUT2D eigenvalue weighted by molar-refractivity contribution is 7.16. The van der Waals surface area contributed by atoms with Crippen LogP contribution in [0.3, 0.4) is 0 Å². The van der Waals surface area contributed by atoms with Crippen LogP contribution in [0.5, 0.6) is 0 Å². The topological polar surface area (TPSA) is 57.7 Å². The third-order valence-electron chi connectivity index (χ3n) is 7.09. The van der Waals surface area contributed by atoms with Gasteiger partial charge in [0.1, 0.15) is 5.60 Å². The molecule has 4 aliphatic rings. The number of amides is 1. The first-order valence-corrected chi connectivity index (χ1v) is 13.8. The molecule has 0 saturated carbocycles. The summed E-state index contributed by atoms with van der Waals surface area (Å²) in [5, 5.41) is 0. The van der Waals surface area contributed by atoms with Crippen LogP contribution in [0.1, 0.15) is 44.1 Å². The summed E-state index contributed by atoms with van der Waals surface area (Å²) in [4.78, 5) is 23.0. The fourth-order valence-electron chi connectivity index (χ4n) is 5.38. The molecule has 0 N–H and O–H groups in total. The zero-order chi connectivity index (χ0) is 24.6. The van der Waals surface area contributed by atoms with Gasteiger partial charge in [0.25, 0.3) is 0 Å². The molecule has 0 aliphatic carbocycles. The third kappa shape index (κ3) is 5.91. The minimum absolute atomic E-state index is 0.194. The number of thiophene rings is 1. The average Bonchev–Trinajstić information content (AvgIpc) is 3.18. The number of fused-ring (bicyclic) bond motifs is 1. The Balaban J connectivity index is 1.22. The lowest BCUT2D eigenvalue weighted by molar-refractivity contribution is -0.140. The SMILES string of the molecule is CC(C)(C)OC(=O)N1CCC2(CC1)CN(CN1C=C(N3CCOCC3)c3cc(Cl)sc3C1)CCO2. The molecule has 0 radical (unpaired) electrons. The molecule has 0 bridgehead atoms. The van der Waals surface area contributed by atoms with E-state index in [0.717, 1.165) is 76.4 Å². The number of morpholine rings is 2. The van der Waals surface area contributed by atoms with E-state index in [0.29, 0.717) is 13.1 Å². The number of rotatable bonds is 3. The van der Waals surface area contributed by atoms with E-state index in [9.17, 15) is 4.79 Å². The van der Waals surface area contributed by atoms with Crippen LogP contribution in [0.2, 0.25) is 4.34 Å². The van der Waals surface area contributed by atoms with Crippen molar-refractivity contribution in [1.29, 1.82) is 0 Å². The Morgan fingerprint density at radius 2 is 1.89 bits per heavy atom. The molecule has 5 rings (SSSR count). The van der Waals surface area contributed by atoms with E-state index in [1.807, 2.05) is 25.7 Å². The predicted molar refractivity (Wildman–Crippen MR) is 137 cm³/mol. The Labute approximate surface area is 217 Å². The number of ether oxygens (including phenoxy) is 3. The highest BCUT2D eigenvalue weighted by Gasteiger charge is 2.41. The maximum Gasteiger partial charge on any atom is 0.410 e. The molecule has 10 heteroatoms. The van der Waals surface area contributed by atoms with Crippen LogP contribution in [-0.4, -0.2) is 103 Å². The minimum Gasteiger partial charge on any atom is -0.444 e. The van der Waals surface area contributed by atoms with E-state index in [2.05, 4.69) is 27.0 Å². The van der Waals surface area contributed by atoms with Crippen molar-refractivity contribution in [2.75, 3.05) is 65.8 Å². The summed E-state index contributed by atoms with van der Waals surface area (Å²) in [6, 6.07) is 2.11. The number of hydrogen-bond acceptors (Lipinski definition) is 8. The Morgan fingerprint density at radius 1 is 1.14 bits per heavy atom. The Bertz CT molecular complexity index is 948. The van der Waals surface area contributed by atoms with Gasteiger partial charge in [0.15, 0.2) is 0 Å². The molecule has 194 valence electrons. The normalized spacial score (nSPS) is 23.3. The summed E-state index contributed by atoms with van der Waals surface area (Å²) in [7, 11) is 0. The van der Waals surface area contributed by atoms with Crippen molar-refractivity contribution in [3.05, 3.63) is 27.0 Å². The van der Waals surface area contributed by atoms with E-state index in [4.69, 9.17) is 25.8 Å². The molecule has 1 spiro atoms. The number of piperidine rings is 1. The highest BCUT2D eigenvalue weighted by atomic mass is 35.5. The second kappa shape index (κ2) is 10.1. The molecule has 3 fully saturated rings. The number of hydrogen-bond donors (Lipinski definition) is 0. The summed E-state index contributed by atoms with van der Waals surface area (Å²) in [6.07, 6.45) is 3.76. The number of carbonyl (C=O) groups is 1. The molecule has 1 amide bonds. The smallest absolute Gasteiger partial charge is 0.410 e. The van der Waals surface area contributed by atoms with Crippen LogP contribution in [0.25, 0.3) is 5.70 Å². The molecule has 1 aromatic rings. The van der Waals surface area contributed by atoms with Gasteiger partial charge in [-0.15, -0.1) is 11.3 Å². The Morgan fingerprint density at radius 3 is 2.60 bits per heavy atom. The fraction of sp³-hybridized carbons (Fsp3) is 0.720. The fourth-order valence-corrected chi connectivity index (χ4v) is 6.68. The largest absolute Gasteiger partial charge is 0.444 e. The van der Waals surface area contributed by atoms with Crippen LogP contribution >= 0.6 is 22.9 Å². The Hall–Kier alpha value is -1.52. The lowest BCUT2D eigenvalue weighted by Gasteiger charge is -2.48. The van der Waals surface area contributed by atoms with Gasteiger partial charge in [-0.3, -0.25) is 4.90 Å². The molecule has 0 atom stereocenters.